The Morgan fingerprint density at radius 1 is 1.00 bits per heavy atom. The zero-order valence-corrected chi connectivity index (χ0v) is 17.9. The van der Waals surface area contributed by atoms with Crippen LogP contribution in [0, 0.1) is 0 Å². The molecule has 2 aromatic heterocycles. The van der Waals surface area contributed by atoms with Crippen LogP contribution in [0.1, 0.15) is 51.0 Å². The molecule has 0 aliphatic carbocycles. The number of rotatable bonds is 8. The van der Waals surface area contributed by atoms with Crippen LogP contribution in [0.3, 0.4) is 0 Å². The van der Waals surface area contributed by atoms with Crippen molar-refractivity contribution in [3.63, 3.8) is 0 Å². The quantitative estimate of drug-likeness (QED) is 0.345. The van der Waals surface area contributed by atoms with E-state index in [1.54, 1.807) is 17.9 Å². The Morgan fingerprint density at radius 3 is 2.40 bits per heavy atom. The Bertz CT molecular complexity index is 531. The average Bonchev–Trinajstić information content (AvgIpc) is 2.94. The maximum atomic E-state index is 2.53. The van der Waals surface area contributed by atoms with Crippen LogP contribution in [-0.4, -0.2) is 18.4 Å². The topological polar surface area (TPSA) is 0 Å². The molecular formula is C17H28S2Sn. The number of aryl methyl sites for hydroxylation is 1. The molecule has 0 fully saturated rings. The second-order valence-electron chi connectivity index (χ2n) is 6.83. The first-order valence-corrected chi connectivity index (χ1v) is 19.7. The van der Waals surface area contributed by atoms with Crippen molar-refractivity contribution in [2.75, 3.05) is 0 Å². The molecule has 0 aromatic carbocycles. The maximum absolute atomic E-state index is 2.53. The van der Waals surface area contributed by atoms with Gasteiger partial charge in [0.15, 0.2) is 0 Å². The van der Waals surface area contributed by atoms with Gasteiger partial charge in [-0.3, -0.25) is 0 Å². The van der Waals surface area contributed by atoms with Crippen molar-refractivity contribution < 1.29 is 0 Å². The van der Waals surface area contributed by atoms with E-state index in [2.05, 4.69) is 44.5 Å². The summed E-state index contributed by atoms with van der Waals surface area (Å²) in [4.78, 5) is 7.58. The first kappa shape index (κ1) is 16.8. The Morgan fingerprint density at radius 2 is 1.70 bits per heavy atom. The van der Waals surface area contributed by atoms with Crippen LogP contribution in [0.25, 0.3) is 9.40 Å². The average molecular weight is 415 g/mol. The molecule has 0 spiro atoms. The van der Waals surface area contributed by atoms with E-state index < -0.39 is 18.4 Å². The fourth-order valence-corrected chi connectivity index (χ4v) is 10.5. The van der Waals surface area contributed by atoms with Crippen LogP contribution in [0.2, 0.25) is 14.8 Å². The molecule has 0 saturated carbocycles. The van der Waals surface area contributed by atoms with Crippen LogP contribution in [0.5, 0.6) is 0 Å². The van der Waals surface area contributed by atoms with Crippen molar-refractivity contribution in [3.8, 4) is 0 Å². The molecule has 0 aliphatic rings. The molecule has 0 bridgehead atoms. The third kappa shape index (κ3) is 4.47. The molecule has 0 nitrogen and oxygen atoms in total. The standard InChI is InChI=1S/C14H19S2.3CH3.Sn/c1-2-3-4-5-6-7-8-12-11-16-13-9-10-15-14(12)13;;;;/h9,11H,2-8H2,1H3;3*1H3;. The molecule has 0 atom stereocenters. The second-order valence-corrected chi connectivity index (χ2v) is 24.2. The van der Waals surface area contributed by atoms with E-state index >= 15 is 0 Å². The van der Waals surface area contributed by atoms with Gasteiger partial charge in [-0.25, -0.2) is 0 Å². The first-order chi connectivity index (χ1) is 9.52. The number of fused-ring (bicyclic) bond motifs is 1. The monoisotopic (exact) mass is 416 g/mol. The molecule has 2 aromatic rings. The molecule has 0 saturated heterocycles. The fraction of sp³-hybridized carbons (Fsp3) is 0.647. The van der Waals surface area contributed by atoms with Gasteiger partial charge in [0.1, 0.15) is 0 Å². The zero-order chi connectivity index (χ0) is 14.6. The Kier molecular flexibility index (Phi) is 6.43. The summed E-state index contributed by atoms with van der Waals surface area (Å²) in [7, 11) is 0. The Hall–Kier alpha value is 0.459. The minimum atomic E-state index is -1.86. The van der Waals surface area contributed by atoms with Crippen molar-refractivity contribution in [2.24, 2.45) is 0 Å². The molecule has 0 unspecified atom stereocenters. The molecular weight excluding hydrogens is 387 g/mol. The first-order valence-electron chi connectivity index (χ1n) is 8.02. The van der Waals surface area contributed by atoms with Crippen LogP contribution in [-0.2, 0) is 6.42 Å². The fourth-order valence-electron chi connectivity index (χ4n) is 2.51. The molecule has 0 radical (unpaired) electrons. The van der Waals surface area contributed by atoms with Gasteiger partial charge in [-0.1, -0.05) is 0 Å². The normalized spacial score (nSPS) is 12.4. The van der Waals surface area contributed by atoms with Gasteiger partial charge in [0.05, 0.1) is 0 Å². The third-order valence-corrected chi connectivity index (χ3v) is 15.6. The van der Waals surface area contributed by atoms with Crippen molar-refractivity contribution in [1.82, 2.24) is 0 Å². The molecule has 0 amide bonds. The van der Waals surface area contributed by atoms with E-state index in [9.17, 15) is 0 Å². The van der Waals surface area contributed by atoms with Gasteiger partial charge in [0.25, 0.3) is 0 Å². The number of thiophene rings is 2. The van der Waals surface area contributed by atoms with Crippen molar-refractivity contribution in [1.29, 1.82) is 0 Å². The third-order valence-electron chi connectivity index (χ3n) is 3.86. The van der Waals surface area contributed by atoms with E-state index in [0.717, 1.165) is 0 Å². The summed E-state index contributed by atoms with van der Waals surface area (Å²) in [6, 6.07) is 2.51. The summed E-state index contributed by atoms with van der Waals surface area (Å²) in [5.74, 6) is 0. The van der Waals surface area contributed by atoms with E-state index in [-0.39, 0.29) is 0 Å². The van der Waals surface area contributed by atoms with Gasteiger partial charge < -0.3 is 0 Å². The number of unbranched alkanes of at least 4 members (excludes halogenated alkanes) is 5. The van der Waals surface area contributed by atoms with Gasteiger partial charge in [-0.15, -0.1) is 0 Å². The Balaban J connectivity index is 1.92. The molecule has 0 N–H and O–H groups in total. The van der Waals surface area contributed by atoms with Crippen LogP contribution < -0.4 is 2.89 Å². The number of hydrogen-bond acceptors (Lipinski definition) is 2. The van der Waals surface area contributed by atoms with Crippen LogP contribution >= 0.6 is 22.7 Å². The minimum absolute atomic E-state index is 1.30. The van der Waals surface area contributed by atoms with Gasteiger partial charge in [0.2, 0.25) is 0 Å². The van der Waals surface area contributed by atoms with Crippen molar-refractivity contribution >= 4 is 53.3 Å². The van der Waals surface area contributed by atoms with E-state index in [0.29, 0.717) is 0 Å². The number of hydrogen-bond donors (Lipinski definition) is 0. The summed E-state index contributed by atoms with van der Waals surface area (Å²) in [5.41, 5.74) is 1.63. The molecule has 112 valence electrons. The molecule has 3 heteroatoms. The predicted octanol–water partition coefficient (Wildman–Crippen LogP) is 6.41. The molecule has 0 aliphatic heterocycles. The van der Waals surface area contributed by atoms with Crippen molar-refractivity contribution in [2.45, 2.75) is 66.7 Å². The zero-order valence-electron chi connectivity index (χ0n) is 13.4. The molecule has 2 heterocycles. The SMILES string of the molecule is CCCCCCCCc1csc2c[c]([Sn]([CH3])([CH3])[CH3])sc12. The molecule has 2 rings (SSSR count). The van der Waals surface area contributed by atoms with Crippen molar-refractivity contribution in [3.05, 3.63) is 17.0 Å². The van der Waals surface area contributed by atoms with Gasteiger partial charge in [0, 0.05) is 0 Å². The van der Waals surface area contributed by atoms with E-state index in [4.69, 9.17) is 0 Å². The van der Waals surface area contributed by atoms with Crippen LogP contribution in [0.4, 0.5) is 0 Å². The van der Waals surface area contributed by atoms with E-state index in [1.165, 1.54) is 44.9 Å². The van der Waals surface area contributed by atoms with Gasteiger partial charge >= 0.3 is 137 Å². The molecule has 20 heavy (non-hydrogen) atoms. The second kappa shape index (κ2) is 7.64. The predicted molar refractivity (Wildman–Crippen MR) is 99.8 cm³/mol. The Labute approximate surface area is 136 Å². The van der Waals surface area contributed by atoms with Gasteiger partial charge in [-0.2, -0.15) is 0 Å². The summed E-state index contributed by atoms with van der Waals surface area (Å²) < 4.78 is 4.91. The van der Waals surface area contributed by atoms with Gasteiger partial charge in [-0.05, 0) is 0 Å². The van der Waals surface area contributed by atoms with E-state index in [1.807, 2.05) is 11.3 Å². The summed E-state index contributed by atoms with van der Waals surface area (Å²) in [5, 5.41) is 2.41. The summed E-state index contributed by atoms with van der Waals surface area (Å²) in [6.45, 7) is 2.29. The summed E-state index contributed by atoms with van der Waals surface area (Å²) >= 11 is 2.22. The summed E-state index contributed by atoms with van der Waals surface area (Å²) in [6.07, 6.45) is 9.70. The van der Waals surface area contributed by atoms with Crippen LogP contribution in [0.15, 0.2) is 11.4 Å².